The lowest BCUT2D eigenvalue weighted by Crippen LogP contribution is -2.45. The van der Waals surface area contributed by atoms with Crippen LogP contribution >= 0.6 is 0 Å². The van der Waals surface area contributed by atoms with Crippen molar-refractivity contribution in [1.29, 1.82) is 0 Å². The molecule has 1 aromatic heterocycles. The molecular weight excluding hydrogens is 360 g/mol. The van der Waals surface area contributed by atoms with E-state index in [1.807, 2.05) is 20.8 Å². The number of nitrogens with one attached hydrogen (secondary N) is 1. The third-order valence-corrected chi connectivity index (χ3v) is 4.45. The molecule has 1 atom stereocenters. The number of aromatic nitrogens is 2. The zero-order valence-electron chi connectivity index (χ0n) is 17.5. The van der Waals surface area contributed by atoms with Gasteiger partial charge in [-0.15, -0.1) is 6.58 Å². The lowest BCUT2D eigenvalue weighted by Gasteiger charge is -2.27. The molecule has 1 aromatic rings. The van der Waals surface area contributed by atoms with E-state index in [-0.39, 0.29) is 17.4 Å². The summed E-state index contributed by atoms with van der Waals surface area (Å²) in [5.41, 5.74) is 4.98. The average Bonchev–Trinajstić information content (AvgIpc) is 2.63. The summed E-state index contributed by atoms with van der Waals surface area (Å²) in [6, 6.07) is 0. The number of unbranched alkanes of at least 4 members (excludes halogenated alkanes) is 1. The van der Waals surface area contributed by atoms with E-state index in [4.69, 9.17) is 10.5 Å². The lowest BCUT2D eigenvalue weighted by molar-refractivity contribution is -0.129. The first-order valence-corrected chi connectivity index (χ1v) is 9.90. The minimum atomic E-state index is -0.748. The second kappa shape index (κ2) is 11.5. The Morgan fingerprint density at radius 1 is 1.36 bits per heavy atom. The van der Waals surface area contributed by atoms with Gasteiger partial charge in [0.1, 0.15) is 11.9 Å². The molecular formula is C20H34N4O4. The molecule has 0 aliphatic carbocycles. The van der Waals surface area contributed by atoms with Crippen molar-refractivity contribution >= 4 is 17.4 Å². The molecule has 0 aliphatic heterocycles. The van der Waals surface area contributed by atoms with E-state index in [1.54, 1.807) is 13.0 Å². The van der Waals surface area contributed by atoms with Crippen molar-refractivity contribution < 1.29 is 9.53 Å². The quantitative estimate of drug-likeness (QED) is 0.417. The average molecular weight is 395 g/mol. The summed E-state index contributed by atoms with van der Waals surface area (Å²) in [6.45, 7) is 12.4. The van der Waals surface area contributed by atoms with Crippen LogP contribution in [0.15, 0.2) is 22.2 Å². The van der Waals surface area contributed by atoms with Gasteiger partial charge in [0.25, 0.3) is 11.5 Å². The van der Waals surface area contributed by atoms with Crippen molar-refractivity contribution in [3.8, 4) is 0 Å². The van der Waals surface area contributed by atoms with Crippen LogP contribution in [0.1, 0.15) is 53.4 Å². The number of hydrogen-bond donors (Lipinski definition) is 2. The van der Waals surface area contributed by atoms with E-state index >= 15 is 0 Å². The molecule has 0 saturated heterocycles. The van der Waals surface area contributed by atoms with Gasteiger partial charge in [0.05, 0.1) is 6.61 Å². The molecule has 3 N–H and O–H groups in total. The van der Waals surface area contributed by atoms with Gasteiger partial charge in [0.2, 0.25) is 0 Å². The van der Waals surface area contributed by atoms with Crippen LogP contribution in [0.5, 0.6) is 0 Å². The molecule has 0 spiro atoms. The standard InChI is InChI=1S/C20H34N4O4/c1-6-8-11-24-17(21)16(18(25)22-20(24)27)23(12-10-14(3)4)19(26)15(5)28-13-9-7-2/h7,14-15H,2,6,8-13,21H2,1,3-5H3,(H,22,25,27). The largest absolute Gasteiger partial charge is 0.383 e. The van der Waals surface area contributed by atoms with Gasteiger partial charge in [-0.25, -0.2) is 4.79 Å². The topological polar surface area (TPSA) is 110 Å². The molecule has 8 heteroatoms. The van der Waals surface area contributed by atoms with Crippen molar-refractivity contribution in [2.75, 3.05) is 23.8 Å². The number of amides is 1. The Labute approximate surface area is 166 Å². The SMILES string of the molecule is C=CCCOC(C)C(=O)N(CCC(C)C)c1c(N)n(CCCC)c(=O)[nH]c1=O. The van der Waals surface area contributed by atoms with Crippen LogP contribution in [0.3, 0.4) is 0 Å². The van der Waals surface area contributed by atoms with Gasteiger partial charge in [-0.2, -0.15) is 0 Å². The number of ether oxygens (including phenoxy) is 1. The van der Waals surface area contributed by atoms with Crippen molar-refractivity contribution in [1.82, 2.24) is 9.55 Å². The Bertz CT molecular complexity index is 766. The Morgan fingerprint density at radius 3 is 2.61 bits per heavy atom. The Balaban J connectivity index is 3.33. The van der Waals surface area contributed by atoms with Gasteiger partial charge in [-0.05, 0) is 32.1 Å². The molecule has 0 aromatic carbocycles. The summed E-state index contributed by atoms with van der Waals surface area (Å²) in [6.07, 6.45) is 3.86. The van der Waals surface area contributed by atoms with Crippen LogP contribution in [-0.2, 0) is 16.1 Å². The summed E-state index contributed by atoms with van der Waals surface area (Å²) in [5, 5.41) is 0. The summed E-state index contributed by atoms with van der Waals surface area (Å²) < 4.78 is 6.89. The predicted octanol–water partition coefficient (Wildman–Crippen LogP) is 2.28. The second-order valence-electron chi connectivity index (χ2n) is 7.26. The first-order chi connectivity index (χ1) is 13.2. The molecule has 0 aliphatic rings. The fourth-order valence-electron chi connectivity index (χ4n) is 2.71. The van der Waals surface area contributed by atoms with Gasteiger partial charge in [-0.1, -0.05) is 33.3 Å². The number of nitrogen functional groups attached to an aromatic ring is 1. The molecule has 1 heterocycles. The van der Waals surface area contributed by atoms with Crippen LogP contribution in [0.25, 0.3) is 0 Å². The van der Waals surface area contributed by atoms with Gasteiger partial charge >= 0.3 is 5.69 Å². The monoisotopic (exact) mass is 394 g/mol. The van der Waals surface area contributed by atoms with Crippen molar-refractivity contribution in [2.24, 2.45) is 5.92 Å². The molecule has 0 radical (unpaired) electrons. The number of aromatic amines is 1. The predicted molar refractivity (Wildman–Crippen MR) is 113 cm³/mol. The van der Waals surface area contributed by atoms with Crippen molar-refractivity contribution in [3.05, 3.63) is 33.5 Å². The van der Waals surface area contributed by atoms with Crippen LogP contribution in [0.4, 0.5) is 11.5 Å². The van der Waals surface area contributed by atoms with Crippen LogP contribution in [0.2, 0.25) is 0 Å². The zero-order valence-corrected chi connectivity index (χ0v) is 17.5. The fourth-order valence-corrected chi connectivity index (χ4v) is 2.71. The number of anilines is 2. The van der Waals surface area contributed by atoms with Gasteiger partial charge in [0.15, 0.2) is 5.69 Å². The van der Waals surface area contributed by atoms with Gasteiger partial charge in [-0.3, -0.25) is 19.1 Å². The molecule has 8 nitrogen and oxygen atoms in total. The maximum absolute atomic E-state index is 13.0. The molecule has 158 valence electrons. The van der Waals surface area contributed by atoms with Gasteiger partial charge in [0, 0.05) is 13.1 Å². The number of nitrogens with zero attached hydrogens (tertiary/aromatic N) is 2. The summed E-state index contributed by atoms with van der Waals surface area (Å²) in [7, 11) is 0. The highest BCUT2D eigenvalue weighted by Crippen LogP contribution is 2.20. The molecule has 1 amide bonds. The highest BCUT2D eigenvalue weighted by atomic mass is 16.5. The second-order valence-corrected chi connectivity index (χ2v) is 7.26. The van der Waals surface area contributed by atoms with Crippen LogP contribution < -0.4 is 21.9 Å². The minimum absolute atomic E-state index is 0.0117. The molecule has 28 heavy (non-hydrogen) atoms. The smallest absolute Gasteiger partial charge is 0.330 e. The Hall–Kier alpha value is -2.35. The van der Waals surface area contributed by atoms with E-state index in [2.05, 4.69) is 11.6 Å². The Kier molecular flexibility index (Phi) is 9.72. The molecule has 0 saturated carbocycles. The maximum atomic E-state index is 13.0. The number of hydrogen-bond acceptors (Lipinski definition) is 5. The number of nitrogens with two attached hydrogens (primary N) is 1. The first kappa shape index (κ1) is 23.7. The fraction of sp³-hybridized carbons (Fsp3) is 0.650. The van der Waals surface area contributed by atoms with Crippen LogP contribution in [-0.4, -0.2) is 34.7 Å². The zero-order chi connectivity index (χ0) is 21.3. The summed E-state index contributed by atoms with van der Waals surface area (Å²) >= 11 is 0. The normalized spacial score (nSPS) is 12.2. The van der Waals surface area contributed by atoms with Crippen LogP contribution in [0, 0.1) is 5.92 Å². The van der Waals surface area contributed by atoms with Crippen molar-refractivity contribution in [2.45, 2.75) is 66.0 Å². The molecule has 1 unspecified atom stereocenters. The summed E-state index contributed by atoms with van der Waals surface area (Å²) in [4.78, 5) is 41.4. The third kappa shape index (κ3) is 6.37. The minimum Gasteiger partial charge on any atom is -0.383 e. The van der Waals surface area contributed by atoms with Crippen molar-refractivity contribution in [3.63, 3.8) is 0 Å². The number of carbonyl (C=O) groups is 1. The number of carbonyl (C=O) groups excluding carboxylic acids is 1. The molecule has 0 bridgehead atoms. The first-order valence-electron chi connectivity index (χ1n) is 9.90. The van der Waals surface area contributed by atoms with E-state index in [0.29, 0.717) is 38.5 Å². The lowest BCUT2D eigenvalue weighted by atomic mass is 10.1. The summed E-state index contributed by atoms with van der Waals surface area (Å²) in [5.74, 6) is -0.0289. The van der Waals surface area contributed by atoms with E-state index in [1.165, 1.54) is 9.47 Å². The molecule has 1 rings (SSSR count). The maximum Gasteiger partial charge on any atom is 0.330 e. The molecule has 0 fully saturated rings. The Morgan fingerprint density at radius 2 is 2.04 bits per heavy atom. The highest BCUT2D eigenvalue weighted by Gasteiger charge is 2.28. The number of rotatable bonds is 12. The third-order valence-electron chi connectivity index (χ3n) is 4.45. The number of H-pyrrole nitrogens is 1. The van der Waals surface area contributed by atoms with E-state index in [0.717, 1.165) is 12.8 Å². The highest BCUT2D eigenvalue weighted by molar-refractivity contribution is 5.98. The van der Waals surface area contributed by atoms with E-state index in [9.17, 15) is 14.4 Å². The van der Waals surface area contributed by atoms with E-state index < -0.39 is 17.4 Å². The van der Waals surface area contributed by atoms with Gasteiger partial charge < -0.3 is 15.4 Å².